The molecule has 1 amide bonds. The second-order valence-electron chi connectivity index (χ2n) is 4.57. The Morgan fingerprint density at radius 1 is 1.26 bits per heavy atom. The van der Waals surface area contributed by atoms with E-state index < -0.39 is 15.7 Å². The number of rotatable bonds is 6. The third kappa shape index (κ3) is 4.89. The van der Waals surface area contributed by atoms with Gasteiger partial charge in [-0.1, -0.05) is 6.07 Å². The number of benzene rings is 2. The number of hydrogen-bond acceptors (Lipinski definition) is 5. The van der Waals surface area contributed by atoms with Gasteiger partial charge in [-0.25, -0.2) is 0 Å². The van der Waals surface area contributed by atoms with Crippen molar-refractivity contribution in [1.82, 2.24) is 0 Å². The molecule has 0 saturated carbocycles. The van der Waals surface area contributed by atoms with Gasteiger partial charge >= 0.3 is 0 Å². The highest BCUT2D eigenvalue weighted by atomic mass is 32.2. The molecule has 8 heteroatoms. The lowest BCUT2D eigenvalue weighted by Crippen LogP contribution is -2.20. The van der Waals surface area contributed by atoms with Crippen molar-refractivity contribution >= 4 is 28.1 Å². The standard InChI is InChI=1S/C15H14N2O5S/c1-23(21)14-4-2-3-11(9-14)16-15(18)10-22-13-7-5-12(6-8-13)17(19)20/h2-9H,10H2,1H3,(H,16,18)/t23-/m1/s1. The first-order chi connectivity index (χ1) is 11.0. The number of carbonyl (C=O) groups is 1. The van der Waals surface area contributed by atoms with E-state index in [1.165, 1.54) is 24.3 Å². The van der Waals surface area contributed by atoms with E-state index in [2.05, 4.69) is 5.32 Å². The molecular formula is C15H14N2O5S. The number of hydrogen-bond donors (Lipinski definition) is 1. The number of anilines is 1. The summed E-state index contributed by atoms with van der Waals surface area (Å²) in [5, 5.41) is 13.2. The van der Waals surface area contributed by atoms with Gasteiger partial charge in [0.25, 0.3) is 11.6 Å². The molecule has 2 aromatic carbocycles. The summed E-state index contributed by atoms with van der Waals surface area (Å²) in [6.45, 7) is -0.239. The Morgan fingerprint density at radius 3 is 2.57 bits per heavy atom. The molecule has 23 heavy (non-hydrogen) atoms. The van der Waals surface area contributed by atoms with Crippen LogP contribution in [0.3, 0.4) is 0 Å². The van der Waals surface area contributed by atoms with Crippen LogP contribution in [-0.2, 0) is 15.6 Å². The molecule has 1 N–H and O–H groups in total. The molecule has 0 fully saturated rings. The molecule has 0 aromatic heterocycles. The van der Waals surface area contributed by atoms with E-state index in [-0.39, 0.29) is 18.2 Å². The third-order valence-electron chi connectivity index (χ3n) is 2.87. The quantitative estimate of drug-likeness (QED) is 0.646. The second kappa shape index (κ2) is 7.50. The number of ether oxygens (including phenoxy) is 1. The average molecular weight is 334 g/mol. The van der Waals surface area contributed by atoms with E-state index in [0.29, 0.717) is 16.3 Å². The predicted molar refractivity (Wildman–Crippen MR) is 86.0 cm³/mol. The fraction of sp³-hybridized carbons (Fsp3) is 0.133. The van der Waals surface area contributed by atoms with Crippen molar-refractivity contribution in [1.29, 1.82) is 0 Å². The Bertz CT molecular complexity index is 746. The van der Waals surface area contributed by atoms with Crippen LogP contribution in [0, 0.1) is 10.1 Å². The lowest BCUT2D eigenvalue weighted by molar-refractivity contribution is -0.384. The van der Waals surface area contributed by atoms with Gasteiger partial charge in [0, 0.05) is 39.8 Å². The number of nitrogens with one attached hydrogen (secondary N) is 1. The summed E-state index contributed by atoms with van der Waals surface area (Å²) in [6, 6.07) is 12.2. The Balaban J connectivity index is 1.91. The van der Waals surface area contributed by atoms with Crippen LogP contribution in [0.15, 0.2) is 53.4 Å². The molecule has 0 unspecified atom stereocenters. The third-order valence-corrected chi connectivity index (χ3v) is 3.78. The van der Waals surface area contributed by atoms with Crippen LogP contribution in [0.2, 0.25) is 0 Å². The molecular weight excluding hydrogens is 320 g/mol. The van der Waals surface area contributed by atoms with Crippen molar-refractivity contribution in [2.24, 2.45) is 0 Å². The highest BCUT2D eigenvalue weighted by Crippen LogP contribution is 2.17. The SMILES string of the molecule is C[S@@](=O)c1cccc(NC(=O)COc2ccc([N+](=O)[O-])cc2)c1. The Hall–Kier alpha value is -2.74. The Morgan fingerprint density at radius 2 is 1.96 bits per heavy atom. The van der Waals surface area contributed by atoms with Gasteiger partial charge in [-0.3, -0.25) is 19.1 Å². The molecule has 120 valence electrons. The summed E-state index contributed by atoms with van der Waals surface area (Å²) in [6.07, 6.45) is 1.55. The molecule has 0 spiro atoms. The van der Waals surface area contributed by atoms with Gasteiger partial charge in [-0.15, -0.1) is 0 Å². The topological polar surface area (TPSA) is 98.5 Å². The summed E-state index contributed by atoms with van der Waals surface area (Å²) in [4.78, 5) is 22.5. The maximum Gasteiger partial charge on any atom is 0.269 e. The van der Waals surface area contributed by atoms with Crippen LogP contribution in [0.1, 0.15) is 0 Å². The van der Waals surface area contributed by atoms with Crippen molar-refractivity contribution in [3.05, 3.63) is 58.6 Å². The second-order valence-corrected chi connectivity index (χ2v) is 5.95. The number of nitro benzene ring substituents is 1. The van der Waals surface area contributed by atoms with Crippen molar-refractivity contribution in [2.45, 2.75) is 4.90 Å². The van der Waals surface area contributed by atoms with Crippen molar-refractivity contribution < 1.29 is 18.7 Å². The summed E-state index contributed by atoms with van der Waals surface area (Å²) in [5.74, 6) is -0.0310. The van der Waals surface area contributed by atoms with Gasteiger partial charge in [0.15, 0.2) is 6.61 Å². The van der Waals surface area contributed by atoms with Gasteiger partial charge in [0.2, 0.25) is 0 Å². The number of nitrogens with zero attached hydrogens (tertiary/aromatic N) is 1. The van der Waals surface area contributed by atoms with Crippen LogP contribution in [0.4, 0.5) is 11.4 Å². The molecule has 0 bridgehead atoms. The monoisotopic (exact) mass is 334 g/mol. The summed E-state index contributed by atoms with van der Waals surface area (Å²) in [5.41, 5.74) is 0.473. The lowest BCUT2D eigenvalue weighted by Gasteiger charge is -2.08. The largest absolute Gasteiger partial charge is 0.484 e. The number of amides is 1. The molecule has 0 heterocycles. The maximum absolute atomic E-state index is 11.8. The van der Waals surface area contributed by atoms with Gasteiger partial charge in [-0.2, -0.15) is 0 Å². The Kier molecular flexibility index (Phi) is 5.42. The first-order valence-electron chi connectivity index (χ1n) is 6.56. The van der Waals surface area contributed by atoms with Gasteiger partial charge in [-0.05, 0) is 30.3 Å². The highest BCUT2D eigenvalue weighted by Gasteiger charge is 2.07. The van der Waals surface area contributed by atoms with Crippen LogP contribution in [0.25, 0.3) is 0 Å². The fourth-order valence-electron chi connectivity index (χ4n) is 1.76. The van der Waals surface area contributed by atoms with Crippen LogP contribution < -0.4 is 10.1 Å². The van der Waals surface area contributed by atoms with Gasteiger partial charge in [0.1, 0.15) is 5.75 Å². The van der Waals surface area contributed by atoms with Crippen molar-refractivity contribution in [3.8, 4) is 5.75 Å². The molecule has 0 radical (unpaired) electrons. The highest BCUT2D eigenvalue weighted by molar-refractivity contribution is 7.84. The molecule has 0 aliphatic carbocycles. The minimum absolute atomic E-state index is 0.0498. The average Bonchev–Trinajstić information content (AvgIpc) is 2.53. The smallest absolute Gasteiger partial charge is 0.269 e. The maximum atomic E-state index is 11.8. The van der Waals surface area contributed by atoms with E-state index >= 15 is 0 Å². The van der Waals surface area contributed by atoms with Crippen molar-refractivity contribution in [2.75, 3.05) is 18.2 Å². The normalized spacial score (nSPS) is 11.5. The molecule has 2 aromatic rings. The minimum atomic E-state index is -1.13. The summed E-state index contributed by atoms with van der Waals surface area (Å²) < 4.78 is 16.7. The molecule has 2 rings (SSSR count). The zero-order valence-electron chi connectivity index (χ0n) is 12.2. The van der Waals surface area contributed by atoms with E-state index in [4.69, 9.17) is 4.74 Å². The van der Waals surface area contributed by atoms with Gasteiger partial charge < -0.3 is 10.1 Å². The Labute approximate surface area is 134 Å². The van der Waals surface area contributed by atoms with Crippen molar-refractivity contribution in [3.63, 3.8) is 0 Å². The van der Waals surface area contributed by atoms with Crippen LogP contribution >= 0.6 is 0 Å². The number of carbonyl (C=O) groups excluding carboxylic acids is 1. The molecule has 0 saturated heterocycles. The van der Waals surface area contributed by atoms with Gasteiger partial charge in [0.05, 0.1) is 4.92 Å². The fourth-order valence-corrected chi connectivity index (χ4v) is 2.33. The predicted octanol–water partition coefficient (Wildman–Crippen LogP) is 2.35. The number of nitro groups is 1. The zero-order valence-corrected chi connectivity index (χ0v) is 13.0. The summed E-state index contributed by atoms with van der Waals surface area (Å²) >= 11 is 0. The van der Waals surface area contributed by atoms with E-state index in [1.807, 2.05) is 0 Å². The molecule has 0 aliphatic rings. The first kappa shape index (κ1) is 16.6. The molecule has 7 nitrogen and oxygen atoms in total. The first-order valence-corrected chi connectivity index (χ1v) is 8.12. The number of non-ortho nitro benzene ring substituents is 1. The zero-order chi connectivity index (χ0) is 16.8. The minimum Gasteiger partial charge on any atom is -0.484 e. The van der Waals surface area contributed by atoms with Crippen LogP contribution in [0.5, 0.6) is 5.75 Å². The molecule has 1 atom stereocenters. The lowest BCUT2D eigenvalue weighted by atomic mass is 10.3. The van der Waals surface area contributed by atoms with E-state index in [0.717, 1.165) is 0 Å². The van der Waals surface area contributed by atoms with Crippen LogP contribution in [-0.4, -0.2) is 27.9 Å². The summed E-state index contributed by atoms with van der Waals surface area (Å²) in [7, 11) is -1.13. The molecule has 0 aliphatic heterocycles. The van der Waals surface area contributed by atoms with E-state index in [9.17, 15) is 19.1 Å². The van der Waals surface area contributed by atoms with E-state index in [1.54, 1.807) is 30.5 Å².